The van der Waals surface area contributed by atoms with Gasteiger partial charge in [-0.25, -0.2) is 9.59 Å². The molecule has 0 saturated carbocycles. The van der Waals surface area contributed by atoms with Crippen LogP contribution in [0.5, 0.6) is 11.5 Å². The van der Waals surface area contributed by atoms with Gasteiger partial charge in [0.25, 0.3) is 0 Å². The van der Waals surface area contributed by atoms with Crippen molar-refractivity contribution >= 4 is 12.1 Å². The molecule has 0 heterocycles. The third-order valence-electron chi connectivity index (χ3n) is 4.76. The maximum Gasteiger partial charge on any atom is 0.408 e. The minimum Gasteiger partial charge on any atom is -0.496 e. The van der Waals surface area contributed by atoms with Crippen molar-refractivity contribution in [2.75, 3.05) is 20.8 Å². The first kappa shape index (κ1) is 26.6. The van der Waals surface area contributed by atoms with Crippen LogP contribution in [0.2, 0.25) is 0 Å². The van der Waals surface area contributed by atoms with E-state index in [1.807, 2.05) is 24.3 Å². The molecule has 0 saturated heterocycles. The Morgan fingerprint density at radius 2 is 1.59 bits per heavy atom. The highest BCUT2D eigenvalue weighted by Crippen LogP contribution is 2.40. The minimum atomic E-state index is -0.903. The summed E-state index contributed by atoms with van der Waals surface area (Å²) in [5.41, 5.74) is 2.32. The first-order valence-electron chi connectivity index (χ1n) is 10.9. The standard InChI is InChI=1S/C25H32N2O7/c1-7-33-23(28)19(27-24(29)34-25(2,3)4)12-16-8-10-18(11-9-16)22-20(31-5)13-17(15-26-30)14-21(22)32-6/h8-11,13-14,19H,7,12,15H2,1-6H3,(H,27,29)/t19-/m0/s1. The van der Waals surface area contributed by atoms with E-state index in [1.165, 1.54) is 14.2 Å². The molecule has 34 heavy (non-hydrogen) atoms. The van der Waals surface area contributed by atoms with E-state index in [2.05, 4.69) is 10.5 Å². The van der Waals surface area contributed by atoms with E-state index in [0.29, 0.717) is 17.1 Å². The van der Waals surface area contributed by atoms with Gasteiger partial charge in [-0.2, -0.15) is 4.91 Å². The van der Waals surface area contributed by atoms with Crippen LogP contribution in [0.4, 0.5) is 4.79 Å². The van der Waals surface area contributed by atoms with Crippen molar-refractivity contribution in [2.45, 2.75) is 52.3 Å². The number of nitroso groups, excluding NO2 is 1. The normalized spacial score (nSPS) is 11.8. The number of carbonyl (C=O) groups excluding carboxylic acids is 2. The van der Waals surface area contributed by atoms with Gasteiger partial charge in [0, 0.05) is 6.42 Å². The summed E-state index contributed by atoms with van der Waals surface area (Å²) in [5.74, 6) is 0.545. The third-order valence-corrected chi connectivity index (χ3v) is 4.76. The molecule has 1 atom stereocenters. The second-order valence-electron chi connectivity index (χ2n) is 8.51. The summed E-state index contributed by atoms with van der Waals surface area (Å²) in [6, 6.07) is 10.0. The average molecular weight is 473 g/mol. The molecule has 1 N–H and O–H groups in total. The SMILES string of the molecule is CCOC(=O)[C@H](Cc1ccc(-c2c(OC)cc(CN=O)cc2OC)cc1)NC(=O)OC(C)(C)C. The number of esters is 1. The molecule has 0 spiro atoms. The molecule has 2 aromatic rings. The molecule has 0 radical (unpaired) electrons. The van der Waals surface area contributed by atoms with Crippen LogP contribution >= 0.6 is 0 Å². The first-order chi connectivity index (χ1) is 16.1. The van der Waals surface area contributed by atoms with Crippen LogP contribution in [0.3, 0.4) is 0 Å². The zero-order valence-corrected chi connectivity index (χ0v) is 20.5. The third kappa shape index (κ3) is 7.47. The monoisotopic (exact) mass is 472 g/mol. The number of nitrogens with zero attached hydrogens (tertiary/aromatic N) is 1. The van der Waals surface area contributed by atoms with Gasteiger partial charge < -0.3 is 24.3 Å². The Hall–Kier alpha value is -3.62. The molecule has 0 aliphatic carbocycles. The van der Waals surface area contributed by atoms with E-state index < -0.39 is 23.7 Å². The smallest absolute Gasteiger partial charge is 0.408 e. The highest BCUT2D eigenvalue weighted by Gasteiger charge is 2.26. The van der Waals surface area contributed by atoms with E-state index in [0.717, 1.165) is 16.7 Å². The number of carbonyl (C=O) groups is 2. The van der Waals surface area contributed by atoms with Crippen molar-refractivity contribution in [1.29, 1.82) is 0 Å². The maximum absolute atomic E-state index is 12.4. The largest absolute Gasteiger partial charge is 0.496 e. The summed E-state index contributed by atoms with van der Waals surface area (Å²) < 4.78 is 21.4. The highest BCUT2D eigenvalue weighted by molar-refractivity contribution is 5.82. The van der Waals surface area contributed by atoms with E-state index in [9.17, 15) is 14.5 Å². The fourth-order valence-electron chi connectivity index (χ4n) is 3.35. The fourth-order valence-corrected chi connectivity index (χ4v) is 3.35. The molecule has 0 bridgehead atoms. The molecule has 0 aromatic heterocycles. The summed E-state index contributed by atoms with van der Waals surface area (Å²) in [4.78, 5) is 35.3. The number of alkyl carbamates (subject to hydrolysis) is 1. The number of ether oxygens (including phenoxy) is 4. The molecular weight excluding hydrogens is 440 g/mol. The van der Waals surface area contributed by atoms with Crippen LogP contribution in [-0.2, 0) is 27.2 Å². The summed E-state index contributed by atoms with van der Waals surface area (Å²) in [6.07, 6.45) is -0.474. The van der Waals surface area contributed by atoms with Gasteiger partial charge in [-0.15, -0.1) is 0 Å². The van der Waals surface area contributed by atoms with Crippen molar-refractivity contribution in [2.24, 2.45) is 5.18 Å². The molecule has 2 rings (SSSR count). The first-order valence-corrected chi connectivity index (χ1v) is 10.9. The summed E-state index contributed by atoms with van der Waals surface area (Å²) in [7, 11) is 3.08. The van der Waals surface area contributed by atoms with Gasteiger partial charge in [-0.05, 0) is 56.5 Å². The van der Waals surface area contributed by atoms with Crippen molar-refractivity contribution < 1.29 is 28.5 Å². The minimum absolute atomic E-state index is 0.00579. The van der Waals surface area contributed by atoms with Gasteiger partial charge in [0.2, 0.25) is 0 Å². The van der Waals surface area contributed by atoms with Gasteiger partial charge in [0.05, 0.1) is 26.4 Å². The van der Waals surface area contributed by atoms with Crippen LogP contribution in [0.1, 0.15) is 38.8 Å². The van der Waals surface area contributed by atoms with E-state index in [-0.39, 0.29) is 19.6 Å². The maximum atomic E-state index is 12.4. The molecule has 0 unspecified atom stereocenters. The highest BCUT2D eigenvalue weighted by atomic mass is 16.6. The lowest BCUT2D eigenvalue weighted by Gasteiger charge is -2.23. The Labute approximate surface area is 199 Å². The number of nitrogens with one attached hydrogen (secondary N) is 1. The summed E-state index contributed by atoms with van der Waals surface area (Å²) in [5, 5.41) is 5.53. The summed E-state index contributed by atoms with van der Waals surface area (Å²) in [6.45, 7) is 7.14. The lowest BCUT2D eigenvalue weighted by Crippen LogP contribution is -2.45. The van der Waals surface area contributed by atoms with Crippen molar-refractivity contribution in [3.05, 3.63) is 52.4 Å². The van der Waals surface area contributed by atoms with E-state index in [4.69, 9.17) is 18.9 Å². The Morgan fingerprint density at radius 3 is 2.06 bits per heavy atom. The fraction of sp³-hybridized carbons (Fsp3) is 0.440. The lowest BCUT2D eigenvalue weighted by atomic mass is 9.98. The van der Waals surface area contributed by atoms with Crippen molar-refractivity contribution in [3.8, 4) is 22.6 Å². The quantitative estimate of drug-likeness (QED) is 0.396. The molecule has 184 valence electrons. The molecule has 9 nitrogen and oxygen atoms in total. The number of hydrogen-bond acceptors (Lipinski definition) is 8. The lowest BCUT2D eigenvalue weighted by molar-refractivity contribution is -0.145. The number of benzene rings is 2. The molecule has 1 amide bonds. The van der Waals surface area contributed by atoms with Gasteiger partial charge >= 0.3 is 12.1 Å². The molecule has 2 aromatic carbocycles. The molecule has 0 aliphatic heterocycles. The molecular formula is C25H32N2O7. The Morgan fingerprint density at radius 1 is 1.00 bits per heavy atom. The summed E-state index contributed by atoms with van der Waals surface area (Å²) >= 11 is 0. The zero-order chi connectivity index (χ0) is 25.3. The van der Waals surface area contributed by atoms with E-state index >= 15 is 0 Å². The van der Waals surface area contributed by atoms with Gasteiger partial charge in [-0.3, -0.25) is 0 Å². The van der Waals surface area contributed by atoms with Crippen LogP contribution in [-0.4, -0.2) is 44.5 Å². The second kappa shape index (κ2) is 12.0. The van der Waals surface area contributed by atoms with E-state index in [1.54, 1.807) is 39.8 Å². The Balaban J connectivity index is 2.30. The number of rotatable bonds is 10. The number of methoxy groups -OCH3 is 2. The molecule has 0 aliphatic rings. The van der Waals surface area contributed by atoms with Gasteiger partial charge in [-0.1, -0.05) is 29.4 Å². The topological polar surface area (TPSA) is 113 Å². The van der Waals surface area contributed by atoms with Crippen LogP contribution in [0.15, 0.2) is 41.6 Å². The van der Waals surface area contributed by atoms with Crippen molar-refractivity contribution in [3.63, 3.8) is 0 Å². The predicted octanol–water partition coefficient (Wildman–Crippen LogP) is 4.64. The van der Waals surface area contributed by atoms with Gasteiger partial charge in [0.1, 0.15) is 29.7 Å². The Bertz CT molecular complexity index is 972. The second-order valence-corrected chi connectivity index (χ2v) is 8.51. The molecule has 9 heteroatoms. The zero-order valence-electron chi connectivity index (χ0n) is 20.5. The van der Waals surface area contributed by atoms with Crippen LogP contribution < -0.4 is 14.8 Å². The molecule has 0 fully saturated rings. The van der Waals surface area contributed by atoms with Crippen LogP contribution in [0, 0.1) is 4.91 Å². The number of hydrogen-bond donors (Lipinski definition) is 1. The van der Waals surface area contributed by atoms with Crippen molar-refractivity contribution in [1.82, 2.24) is 5.32 Å². The Kier molecular flexibility index (Phi) is 9.41. The number of amides is 1. The average Bonchev–Trinajstić information content (AvgIpc) is 2.77. The predicted molar refractivity (Wildman–Crippen MR) is 128 cm³/mol. The van der Waals surface area contributed by atoms with Crippen LogP contribution in [0.25, 0.3) is 11.1 Å². The van der Waals surface area contributed by atoms with Gasteiger partial charge in [0.15, 0.2) is 0 Å².